The Balaban J connectivity index is 1.36. The molecule has 0 spiro atoms. The number of aromatic carboxylic acids is 1. The third-order valence-corrected chi connectivity index (χ3v) is 5.36. The molecule has 4 aromatic rings. The quantitative estimate of drug-likeness (QED) is 0.470. The fourth-order valence-corrected chi connectivity index (χ4v) is 3.90. The van der Waals surface area contributed by atoms with E-state index in [9.17, 15) is 14.7 Å². The van der Waals surface area contributed by atoms with E-state index in [1.165, 1.54) is 12.5 Å². The van der Waals surface area contributed by atoms with Gasteiger partial charge in [0.15, 0.2) is 11.6 Å². The molecule has 1 aliphatic rings. The Hall–Kier alpha value is -4.46. The van der Waals surface area contributed by atoms with E-state index in [0.29, 0.717) is 5.56 Å². The molecule has 2 heterocycles. The Bertz CT molecular complexity index is 1270. The summed E-state index contributed by atoms with van der Waals surface area (Å²) < 4.78 is 10.5. The van der Waals surface area contributed by atoms with E-state index in [1.54, 1.807) is 6.07 Å². The van der Waals surface area contributed by atoms with Crippen LogP contribution in [0.25, 0.3) is 22.5 Å². The van der Waals surface area contributed by atoms with Gasteiger partial charge in [-0.15, -0.1) is 0 Å². The second-order valence-corrected chi connectivity index (χ2v) is 7.22. The van der Waals surface area contributed by atoms with E-state index in [0.717, 1.165) is 28.5 Å². The molecule has 5 rings (SSSR count). The van der Waals surface area contributed by atoms with E-state index in [1.807, 2.05) is 48.5 Å². The van der Waals surface area contributed by atoms with Crippen molar-refractivity contribution in [3.63, 3.8) is 0 Å². The van der Waals surface area contributed by atoms with Crippen molar-refractivity contribution in [2.75, 3.05) is 11.9 Å². The minimum atomic E-state index is -1.27. The molecule has 0 saturated carbocycles. The third kappa shape index (κ3) is 3.47. The van der Waals surface area contributed by atoms with Crippen LogP contribution < -0.4 is 5.32 Å². The number of anilines is 1. The molecule has 0 saturated heterocycles. The SMILES string of the molecule is O=C(Nc1nc(-c2ccoc2)ncc1C(=O)O)OCC1c2ccccc2-c2ccccc21. The van der Waals surface area contributed by atoms with Crippen LogP contribution in [-0.4, -0.2) is 33.7 Å². The van der Waals surface area contributed by atoms with Gasteiger partial charge in [0.05, 0.1) is 11.8 Å². The fourth-order valence-electron chi connectivity index (χ4n) is 3.90. The van der Waals surface area contributed by atoms with Gasteiger partial charge in [-0.2, -0.15) is 0 Å². The normalized spacial score (nSPS) is 12.1. The zero-order valence-corrected chi connectivity index (χ0v) is 16.7. The van der Waals surface area contributed by atoms with Crippen molar-refractivity contribution in [3.8, 4) is 22.5 Å². The summed E-state index contributed by atoms with van der Waals surface area (Å²) in [5.41, 5.74) is 4.70. The number of benzene rings is 2. The standard InChI is InChI=1S/C24H17N3O5/c28-23(29)19-11-25-21(14-9-10-31-12-14)26-22(19)27-24(30)32-13-20-17-7-3-1-5-15(17)16-6-2-4-8-18(16)20/h1-12,20H,13H2,(H,28,29)(H,25,26,27,30). The van der Waals surface area contributed by atoms with Crippen LogP contribution in [-0.2, 0) is 4.74 Å². The molecule has 32 heavy (non-hydrogen) atoms. The van der Waals surface area contributed by atoms with Crippen LogP contribution in [0.2, 0.25) is 0 Å². The number of carboxylic acids is 1. The number of amides is 1. The summed E-state index contributed by atoms with van der Waals surface area (Å²) in [6.45, 7) is 0.0991. The Kier molecular flexibility index (Phi) is 4.87. The molecule has 158 valence electrons. The third-order valence-electron chi connectivity index (χ3n) is 5.36. The van der Waals surface area contributed by atoms with Crippen LogP contribution >= 0.6 is 0 Å². The van der Waals surface area contributed by atoms with Gasteiger partial charge in [0.25, 0.3) is 0 Å². The lowest BCUT2D eigenvalue weighted by molar-refractivity contribution is 0.0697. The van der Waals surface area contributed by atoms with Gasteiger partial charge in [0.2, 0.25) is 0 Å². The monoisotopic (exact) mass is 427 g/mol. The van der Waals surface area contributed by atoms with E-state index in [4.69, 9.17) is 9.15 Å². The van der Waals surface area contributed by atoms with Crippen molar-refractivity contribution in [1.29, 1.82) is 0 Å². The van der Waals surface area contributed by atoms with Crippen LogP contribution in [0, 0.1) is 0 Å². The maximum atomic E-state index is 12.6. The summed E-state index contributed by atoms with van der Waals surface area (Å²) in [5, 5.41) is 11.9. The van der Waals surface area contributed by atoms with Gasteiger partial charge < -0.3 is 14.3 Å². The lowest BCUT2D eigenvalue weighted by Crippen LogP contribution is -2.20. The smallest absolute Gasteiger partial charge is 0.412 e. The van der Waals surface area contributed by atoms with Crippen molar-refractivity contribution in [3.05, 3.63) is 90.0 Å². The van der Waals surface area contributed by atoms with Crippen LogP contribution in [0.1, 0.15) is 27.4 Å². The van der Waals surface area contributed by atoms with Gasteiger partial charge in [-0.1, -0.05) is 48.5 Å². The molecule has 2 N–H and O–H groups in total. The summed E-state index contributed by atoms with van der Waals surface area (Å²) in [6, 6.07) is 17.6. The Morgan fingerprint density at radius 1 is 1.03 bits per heavy atom. The Labute approximate surface area is 182 Å². The Morgan fingerprint density at radius 3 is 2.34 bits per heavy atom. The number of rotatable bonds is 5. The van der Waals surface area contributed by atoms with Crippen molar-refractivity contribution >= 4 is 17.9 Å². The average molecular weight is 427 g/mol. The van der Waals surface area contributed by atoms with Gasteiger partial charge >= 0.3 is 12.1 Å². The molecule has 0 atom stereocenters. The molecule has 0 bridgehead atoms. The van der Waals surface area contributed by atoms with Crippen molar-refractivity contribution in [2.45, 2.75) is 5.92 Å². The van der Waals surface area contributed by atoms with Crippen LogP contribution in [0.5, 0.6) is 0 Å². The number of hydrogen-bond donors (Lipinski definition) is 2. The number of ether oxygens (including phenoxy) is 1. The summed E-state index contributed by atoms with van der Waals surface area (Å²) in [4.78, 5) is 32.3. The summed E-state index contributed by atoms with van der Waals surface area (Å²) in [7, 11) is 0. The van der Waals surface area contributed by atoms with Crippen molar-refractivity contribution < 1.29 is 23.8 Å². The Morgan fingerprint density at radius 2 is 1.72 bits per heavy atom. The molecule has 2 aromatic carbocycles. The summed E-state index contributed by atoms with van der Waals surface area (Å²) in [5.74, 6) is -1.31. The number of furan rings is 1. The maximum Gasteiger partial charge on any atom is 0.412 e. The van der Waals surface area contributed by atoms with E-state index in [2.05, 4.69) is 15.3 Å². The first-order chi connectivity index (χ1) is 15.6. The van der Waals surface area contributed by atoms with Crippen molar-refractivity contribution in [2.24, 2.45) is 0 Å². The lowest BCUT2D eigenvalue weighted by Gasteiger charge is -2.15. The number of aromatic nitrogens is 2. The zero-order valence-electron chi connectivity index (χ0n) is 16.7. The molecular weight excluding hydrogens is 410 g/mol. The van der Waals surface area contributed by atoms with Gasteiger partial charge in [-0.25, -0.2) is 19.6 Å². The number of nitrogens with zero attached hydrogens (tertiary/aromatic N) is 2. The second-order valence-electron chi connectivity index (χ2n) is 7.22. The van der Waals surface area contributed by atoms with Gasteiger partial charge in [-0.05, 0) is 28.3 Å². The summed E-state index contributed by atoms with van der Waals surface area (Å²) in [6.07, 6.45) is 3.21. The molecule has 0 aliphatic heterocycles. The molecule has 8 heteroatoms. The number of fused-ring (bicyclic) bond motifs is 3. The van der Waals surface area contributed by atoms with Crippen LogP contribution in [0.4, 0.5) is 10.6 Å². The highest BCUT2D eigenvalue weighted by molar-refractivity contribution is 5.97. The molecule has 8 nitrogen and oxygen atoms in total. The molecule has 0 unspecified atom stereocenters. The first-order valence-electron chi connectivity index (χ1n) is 9.86. The van der Waals surface area contributed by atoms with Crippen LogP contribution in [0.3, 0.4) is 0 Å². The number of hydrogen-bond acceptors (Lipinski definition) is 6. The second kappa shape index (κ2) is 7.99. The van der Waals surface area contributed by atoms with E-state index >= 15 is 0 Å². The van der Waals surface area contributed by atoms with Crippen LogP contribution in [0.15, 0.2) is 77.7 Å². The highest BCUT2D eigenvalue weighted by Crippen LogP contribution is 2.44. The highest BCUT2D eigenvalue weighted by Gasteiger charge is 2.29. The molecule has 0 fully saturated rings. The van der Waals surface area contributed by atoms with E-state index < -0.39 is 12.1 Å². The largest absolute Gasteiger partial charge is 0.477 e. The summed E-state index contributed by atoms with van der Waals surface area (Å²) >= 11 is 0. The predicted octanol–water partition coefficient (Wildman–Crippen LogP) is 4.80. The molecular formula is C24H17N3O5. The minimum absolute atomic E-state index is 0.0991. The van der Waals surface area contributed by atoms with Gasteiger partial charge in [-0.3, -0.25) is 5.32 Å². The number of carboxylic acid groups (broad SMARTS) is 1. The zero-order chi connectivity index (χ0) is 22.1. The fraction of sp³-hybridized carbons (Fsp3) is 0.0833. The average Bonchev–Trinajstić information content (AvgIpc) is 3.44. The van der Waals surface area contributed by atoms with Gasteiger partial charge in [0.1, 0.15) is 18.4 Å². The number of carbonyl (C=O) groups is 2. The maximum absolute atomic E-state index is 12.6. The molecule has 2 aromatic heterocycles. The van der Waals surface area contributed by atoms with E-state index in [-0.39, 0.29) is 29.7 Å². The van der Waals surface area contributed by atoms with Gasteiger partial charge in [0, 0.05) is 12.1 Å². The first-order valence-corrected chi connectivity index (χ1v) is 9.86. The topological polar surface area (TPSA) is 115 Å². The predicted molar refractivity (Wildman–Crippen MR) is 115 cm³/mol. The highest BCUT2D eigenvalue weighted by atomic mass is 16.5. The first kappa shape index (κ1) is 19.5. The lowest BCUT2D eigenvalue weighted by atomic mass is 9.98. The van der Waals surface area contributed by atoms with Crippen molar-refractivity contribution in [1.82, 2.24) is 9.97 Å². The molecule has 1 amide bonds. The molecule has 0 radical (unpaired) electrons. The number of carbonyl (C=O) groups excluding carboxylic acids is 1. The minimum Gasteiger partial charge on any atom is -0.477 e. The molecule has 1 aliphatic carbocycles. The number of nitrogens with one attached hydrogen (secondary N) is 1.